The van der Waals surface area contributed by atoms with E-state index in [-0.39, 0.29) is 23.5 Å². The fraction of sp³-hybridized carbons (Fsp3) is 0.0526. The average molecular weight is 363 g/mol. The molecule has 0 saturated carbocycles. The summed E-state index contributed by atoms with van der Waals surface area (Å²) in [5.41, 5.74) is 3.80. The Morgan fingerprint density at radius 1 is 1.07 bits per heavy atom. The molecule has 134 valence electrons. The highest BCUT2D eigenvalue weighted by atomic mass is 19.1. The molecule has 0 radical (unpaired) electrons. The number of nitrogens with zero attached hydrogens (tertiary/aromatic N) is 4. The Kier molecular flexibility index (Phi) is 4.21. The van der Waals surface area contributed by atoms with Crippen LogP contribution in [0.15, 0.2) is 71.9 Å². The van der Waals surface area contributed by atoms with Crippen LogP contribution in [0.2, 0.25) is 0 Å². The van der Waals surface area contributed by atoms with Crippen molar-refractivity contribution < 1.29 is 9.18 Å². The van der Waals surface area contributed by atoms with E-state index < -0.39 is 5.56 Å². The molecule has 0 atom stereocenters. The number of carbonyl (C=O) groups is 1. The number of rotatable bonds is 4. The minimum atomic E-state index is -0.449. The predicted molar refractivity (Wildman–Crippen MR) is 97.6 cm³/mol. The van der Waals surface area contributed by atoms with Gasteiger partial charge in [-0.3, -0.25) is 15.0 Å². The summed E-state index contributed by atoms with van der Waals surface area (Å²) in [6.07, 6.45) is 2.74. The molecule has 0 unspecified atom stereocenters. The topological polar surface area (TPSA) is 81.8 Å². The lowest BCUT2D eigenvalue weighted by Gasteiger charge is -2.08. The van der Waals surface area contributed by atoms with E-state index in [4.69, 9.17) is 0 Å². The summed E-state index contributed by atoms with van der Waals surface area (Å²) in [6.45, 7) is 0. The SMILES string of the molecule is O=C(Cc1ccccc1)Nn1cnc2c(cnn2-c2ccc(F)cc2)c1=O. The molecule has 1 N–H and O–H groups in total. The number of hydrogen-bond donors (Lipinski definition) is 1. The van der Waals surface area contributed by atoms with Crippen molar-refractivity contribution in [1.82, 2.24) is 19.4 Å². The van der Waals surface area contributed by atoms with Gasteiger partial charge in [0.1, 0.15) is 17.5 Å². The molecule has 2 aromatic heterocycles. The highest BCUT2D eigenvalue weighted by Gasteiger charge is 2.13. The maximum absolute atomic E-state index is 13.1. The van der Waals surface area contributed by atoms with Crippen LogP contribution in [0.3, 0.4) is 0 Å². The van der Waals surface area contributed by atoms with Gasteiger partial charge in [-0.2, -0.15) is 5.10 Å². The predicted octanol–water partition coefficient (Wildman–Crippen LogP) is 2.03. The van der Waals surface area contributed by atoms with Gasteiger partial charge in [0.15, 0.2) is 5.65 Å². The van der Waals surface area contributed by atoms with E-state index >= 15 is 0 Å². The maximum Gasteiger partial charge on any atom is 0.283 e. The van der Waals surface area contributed by atoms with Crippen LogP contribution in [0.5, 0.6) is 0 Å². The molecule has 0 bridgehead atoms. The monoisotopic (exact) mass is 363 g/mol. The Balaban J connectivity index is 1.62. The van der Waals surface area contributed by atoms with E-state index in [2.05, 4.69) is 15.5 Å². The molecule has 27 heavy (non-hydrogen) atoms. The fourth-order valence-corrected chi connectivity index (χ4v) is 2.72. The molecule has 4 rings (SSSR count). The second kappa shape index (κ2) is 6.83. The van der Waals surface area contributed by atoms with Crippen molar-refractivity contribution in [2.24, 2.45) is 0 Å². The van der Waals surface area contributed by atoms with Crippen molar-refractivity contribution in [2.45, 2.75) is 6.42 Å². The number of carbonyl (C=O) groups excluding carboxylic acids is 1. The number of hydrogen-bond acceptors (Lipinski definition) is 4. The lowest BCUT2D eigenvalue weighted by Crippen LogP contribution is -2.34. The van der Waals surface area contributed by atoms with Gasteiger partial charge in [-0.25, -0.2) is 18.7 Å². The molecule has 0 fully saturated rings. The number of nitrogens with one attached hydrogen (secondary N) is 1. The molecular formula is C19H14FN5O2. The van der Waals surface area contributed by atoms with Gasteiger partial charge in [0.05, 0.1) is 18.3 Å². The Hall–Kier alpha value is -3.81. The lowest BCUT2D eigenvalue weighted by atomic mass is 10.1. The van der Waals surface area contributed by atoms with Crippen LogP contribution >= 0.6 is 0 Å². The molecular weight excluding hydrogens is 349 g/mol. The lowest BCUT2D eigenvalue weighted by molar-refractivity contribution is -0.116. The Morgan fingerprint density at radius 2 is 1.81 bits per heavy atom. The second-order valence-corrected chi connectivity index (χ2v) is 5.89. The second-order valence-electron chi connectivity index (χ2n) is 5.89. The third-order valence-electron chi connectivity index (χ3n) is 4.01. The summed E-state index contributed by atoms with van der Waals surface area (Å²) in [6, 6.07) is 14.9. The maximum atomic E-state index is 13.1. The zero-order valence-corrected chi connectivity index (χ0v) is 14.0. The molecule has 0 saturated heterocycles. The van der Waals surface area contributed by atoms with Gasteiger partial charge in [-0.05, 0) is 29.8 Å². The van der Waals surface area contributed by atoms with Gasteiger partial charge in [0.25, 0.3) is 5.56 Å². The third kappa shape index (κ3) is 3.32. The molecule has 8 heteroatoms. The first-order valence-corrected chi connectivity index (χ1v) is 8.17. The first kappa shape index (κ1) is 16.6. The molecule has 1 amide bonds. The first-order chi connectivity index (χ1) is 13.1. The van der Waals surface area contributed by atoms with E-state index in [0.29, 0.717) is 11.3 Å². The highest BCUT2D eigenvalue weighted by Crippen LogP contribution is 2.13. The quantitative estimate of drug-likeness (QED) is 0.602. The van der Waals surface area contributed by atoms with Crippen molar-refractivity contribution in [1.29, 1.82) is 0 Å². The van der Waals surface area contributed by atoms with Crippen LogP contribution < -0.4 is 11.0 Å². The van der Waals surface area contributed by atoms with Gasteiger partial charge < -0.3 is 0 Å². The standard InChI is InChI=1S/C19H14FN5O2/c20-14-6-8-15(9-7-14)25-18-16(11-22-25)19(27)24(12-21-18)23-17(26)10-13-4-2-1-3-5-13/h1-9,11-12H,10H2,(H,23,26). The van der Waals surface area contributed by atoms with Gasteiger partial charge in [-0.15, -0.1) is 0 Å². The van der Waals surface area contributed by atoms with Crippen LogP contribution in [-0.2, 0) is 11.2 Å². The van der Waals surface area contributed by atoms with E-state index in [0.717, 1.165) is 10.2 Å². The summed E-state index contributed by atoms with van der Waals surface area (Å²) >= 11 is 0. The van der Waals surface area contributed by atoms with E-state index in [1.165, 1.54) is 41.5 Å². The third-order valence-corrected chi connectivity index (χ3v) is 4.01. The van der Waals surface area contributed by atoms with E-state index in [1.807, 2.05) is 30.3 Å². The smallest absolute Gasteiger partial charge is 0.273 e. The summed E-state index contributed by atoms with van der Waals surface area (Å²) < 4.78 is 15.6. The van der Waals surface area contributed by atoms with Crippen LogP contribution in [0, 0.1) is 5.82 Å². The summed E-state index contributed by atoms with van der Waals surface area (Å²) in [4.78, 5) is 29.0. The Bertz CT molecular complexity index is 1170. The number of amides is 1. The van der Waals surface area contributed by atoms with Crippen molar-refractivity contribution in [3.63, 3.8) is 0 Å². The molecule has 0 aliphatic rings. The number of benzene rings is 2. The molecule has 4 aromatic rings. The van der Waals surface area contributed by atoms with Crippen LogP contribution in [0.4, 0.5) is 4.39 Å². The highest BCUT2D eigenvalue weighted by molar-refractivity contribution is 5.86. The van der Waals surface area contributed by atoms with Gasteiger partial charge in [0, 0.05) is 0 Å². The van der Waals surface area contributed by atoms with Gasteiger partial charge in [-0.1, -0.05) is 30.3 Å². The summed E-state index contributed by atoms with van der Waals surface area (Å²) in [7, 11) is 0. The van der Waals surface area contributed by atoms with Crippen molar-refractivity contribution in [3.05, 3.63) is 88.9 Å². The normalized spacial score (nSPS) is 10.9. The van der Waals surface area contributed by atoms with E-state index in [9.17, 15) is 14.0 Å². The first-order valence-electron chi connectivity index (χ1n) is 8.17. The Labute approximate surface area is 152 Å². The van der Waals surface area contributed by atoms with Gasteiger partial charge >= 0.3 is 0 Å². The Morgan fingerprint density at radius 3 is 2.56 bits per heavy atom. The van der Waals surface area contributed by atoms with Crippen molar-refractivity contribution >= 4 is 16.9 Å². The molecule has 7 nitrogen and oxygen atoms in total. The van der Waals surface area contributed by atoms with Crippen molar-refractivity contribution in [3.8, 4) is 5.69 Å². The molecule has 0 aliphatic heterocycles. The zero-order chi connectivity index (χ0) is 18.8. The zero-order valence-electron chi connectivity index (χ0n) is 14.0. The minimum Gasteiger partial charge on any atom is -0.273 e. The summed E-state index contributed by atoms with van der Waals surface area (Å²) in [5, 5.41) is 4.39. The molecule has 2 aromatic carbocycles. The number of fused-ring (bicyclic) bond motifs is 1. The fourth-order valence-electron chi connectivity index (χ4n) is 2.72. The molecule has 0 spiro atoms. The van der Waals surface area contributed by atoms with Crippen LogP contribution in [0.1, 0.15) is 5.56 Å². The van der Waals surface area contributed by atoms with Gasteiger partial charge in [0.2, 0.25) is 5.91 Å². The molecule has 2 heterocycles. The molecule has 0 aliphatic carbocycles. The minimum absolute atomic E-state index is 0.139. The van der Waals surface area contributed by atoms with Crippen LogP contribution in [-0.4, -0.2) is 25.3 Å². The van der Waals surface area contributed by atoms with E-state index in [1.54, 1.807) is 0 Å². The van der Waals surface area contributed by atoms with Crippen molar-refractivity contribution in [2.75, 3.05) is 5.43 Å². The largest absolute Gasteiger partial charge is 0.283 e. The number of halogens is 1. The summed E-state index contributed by atoms with van der Waals surface area (Å²) in [5.74, 6) is -0.706. The number of aromatic nitrogens is 4. The average Bonchev–Trinajstić information content (AvgIpc) is 3.10. The van der Waals surface area contributed by atoms with Crippen LogP contribution in [0.25, 0.3) is 16.7 Å².